The first-order valence-corrected chi connectivity index (χ1v) is 14.3. The van der Waals surface area contributed by atoms with E-state index in [4.69, 9.17) is 16.3 Å². The third-order valence-electron chi connectivity index (χ3n) is 7.74. The van der Waals surface area contributed by atoms with Crippen LogP contribution >= 0.6 is 11.6 Å². The number of aromatic nitrogens is 3. The quantitative estimate of drug-likeness (QED) is 0.346. The number of amides is 2. The first kappa shape index (κ1) is 28.9. The molecule has 0 bridgehead atoms. The van der Waals surface area contributed by atoms with Crippen LogP contribution in [0.2, 0.25) is 5.02 Å². The maximum atomic E-state index is 13.5. The average molecular weight is 579 g/mol. The second-order valence-corrected chi connectivity index (χ2v) is 11.0. The number of nitrogens with zero attached hydrogens (tertiary/aromatic N) is 4. The summed E-state index contributed by atoms with van der Waals surface area (Å²) in [5, 5.41) is 17.4. The lowest BCUT2D eigenvalue weighted by atomic mass is 9.99. The normalized spacial score (nSPS) is 17.6. The molecule has 0 saturated carbocycles. The molecule has 2 aromatic heterocycles. The Hall–Kier alpha value is -3.60. The Morgan fingerprint density at radius 1 is 1.22 bits per heavy atom. The van der Waals surface area contributed by atoms with Gasteiger partial charge in [-0.2, -0.15) is 0 Å². The van der Waals surface area contributed by atoms with E-state index in [1.165, 1.54) is 4.90 Å². The molecule has 1 saturated heterocycles. The van der Waals surface area contributed by atoms with E-state index in [1.807, 2.05) is 32.0 Å². The number of aliphatic hydroxyl groups is 1. The van der Waals surface area contributed by atoms with Crippen molar-refractivity contribution in [1.29, 1.82) is 0 Å². The SMILES string of the molecule is CC[C@H](O)[C@@H](NC(=O)[C@@H](C)N1Cc2ccc(-c3nc(NC4CCOCC4)ncc3Cl)cc2C1=O)c1ccnc(C)c1. The van der Waals surface area contributed by atoms with Gasteiger partial charge in [0.25, 0.3) is 5.91 Å². The van der Waals surface area contributed by atoms with E-state index in [0.29, 0.717) is 54.0 Å². The Morgan fingerprint density at radius 2 is 2.00 bits per heavy atom. The molecule has 0 unspecified atom stereocenters. The fourth-order valence-electron chi connectivity index (χ4n) is 5.26. The number of halogens is 1. The summed E-state index contributed by atoms with van der Waals surface area (Å²) in [6.07, 6.45) is 4.63. The molecule has 10 nitrogen and oxygen atoms in total. The molecule has 1 fully saturated rings. The number of carbonyl (C=O) groups is 2. The van der Waals surface area contributed by atoms with Gasteiger partial charge in [-0.05, 0) is 62.4 Å². The van der Waals surface area contributed by atoms with Crippen molar-refractivity contribution < 1.29 is 19.4 Å². The van der Waals surface area contributed by atoms with Gasteiger partial charge in [-0.25, -0.2) is 9.97 Å². The summed E-state index contributed by atoms with van der Waals surface area (Å²) in [6.45, 7) is 7.10. The molecule has 11 heteroatoms. The van der Waals surface area contributed by atoms with Crippen molar-refractivity contribution in [1.82, 2.24) is 25.2 Å². The van der Waals surface area contributed by atoms with Gasteiger partial charge >= 0.3 is 0 Å². The van der Waals surface area contributed by atoms with Crippen LogP contribution < -0.4 is 10.6 Å². The lowest BCUT2D eigenvalue weighted by Gasteiger charge is -2.29. The van der Waals surface area contributed by atoms with Crippen LogP contribution in [0.3, 0.4) is 0 Å². The van der Waals surface area contributed by atoms with Gasteiger partial charge in [-0.3, -0.25) is 14.6 Å². The van der Waals surface area contributed by atoms with Crippen molar-refractivity contribution in [2.45, 2.75) is 70.8 Å². The number of carbonyl (C=O) groups excluding carboxylic acids is 2. The summed E-state index contributed by atoms with van der Waals surface area (Å²) in [5.41, 5.74) is 4.09. The number of rotatable bonds is 9. The number of aliphatic hydroxyl groups excluding tert-OH is 1. The van der Waals surface area contributed by atoms with Gasteiger partial charge in [0.15, 0.2) is 0 Å². The molecule has 0 spiro atoms. The Morgan fingerprint density at radius 3 is 2.73 bits per heavy atom. The number of hydrogen-bond donors (Lipinski definition) is 3. The predicted octanol–water partition coefficient (Wildman–Crippen LogP) is 4.06. The molecule has 4 heterocycles. The van der Waals surface area contributed by atoms with Crippen LogP contribution in [0.15, 0.2) is 42.7 Å². The van der Waals surface area contributed by atoms with Crippen LogP contribution in [0, 0.1) is 6.92 Å². The summed E-state index contributed by atoms with van der Waals surface area (Å²) in [7, 11) is 0. The van der Waals surface area contributed by atoms with Crippen molar-refractivity contribution in [3.05, 3.63) is 70.1 Å². The van der Waals surface area contributed by atoms with E-state index < -0.39 is 18.2 Å². The molecule has 5 rings (SSSR count). The van der Waals surface area contributed by atoms with Gasteiger partial charge in [0.05, 0.1) is 29.1 Å². The van der Waals surface area contributed by atoms with Gasteiger partial charge < -0.3 is 25.4 Å². The summed E-state index contributed by atoms with van der Waals surface area (Å²) < 4.78 is 5.42. The summed E-state index contributed by atoms with van der Waals surface area (Å²) in [4.78, 5) is 41.6. The highest BCUT2D eigenvalue weighted by Gasteiger charge is 2.35. The van der Waals surface area contributed by atoms with Crippen molar-refractivity contribution in [2.24, 2.45) is 0 Å². The number of anilines is 1. The highest BCUT2D eigenvalue weighted by molar-refractivity contribution is 6.33. The minimum Gasteiger partial charge on any atom is -0.391 e. The van der Waals surface area contributed by atoms with E-state index in [9.17, 15) is 14.7 Å². The van der Waals surface area contributed by atoms with Crippen LogP contribution in [0.4, 0.5) is 5.95 Å². The van der Waals surface area contributed by atoms with Crippen LogP contribution in [0.1, 0.15) is 66.3 Å². The zero-order chi connectivity index (χ0) is 29.1. The van der Waals surface area contributed by atoms with Crippen LogP contribution in [0.5, 0.6) is 0 Å². The molecule has 3 N–H and O–H groups in total. The van der Waals surface area contributed by atoms with Crippen LogP contribution in [-0.2, 0) is 16.1 Å². The van der Waals surface area contributed by atoms with E-state index in [1.54, 1.807) is 31.5 Å². The van der Waals surface area contributed by atoms with Gasteiger partial charge in [0, 0.05) is 48.8 Å². The minimum atomic E-state index is -0.787. The molecular weight excluding hydrogens is 544 g/mol. The first-order valence-electron chi connectivity index (χ1n) is 14.0. The molecule has 3 aromatic rings. The topological polar surface area (TPSA) is 130 Å². The van der Waals surface area contributed by atoms with Gasteiger partial charge in [-0.1, -0.05) is 30.7 Å². The smallest absolute Gasteiger partial charge is 0.255 e. The van der Waals surface area contributed by atoms with E-state index in [2.05, 4.69) is 25.6 Å². The fourth-order valence-corrected chi connectivity index (χ4v) is 5.46. The number of hydrogen-bond acceptors (Lipinski definition) is 8. The third-order valence-corrected chi connectivity index (χ3v) is 8.02. The lowest BCUT2D eigenvalue weighted by Crippen LogP contribution is -2.48. The molecule has 41 heavy (non-hydrogen) atoms. The zero-order valence-corrected chi connectivity index (χ0v) is 24.2. The number of ether oxygens (including phenoxy) is 1. The molecule has 3 atom stereocenters. The van der Waals surface area contributed by atoms with Gasteiger partial charge in [0.2, 0.25) is 11.9 Å². The average Bonchev–Trinajstić information content (AvgIpc) is 3.31. The van der Waals surface area contributed by atoms with Crippen molar-refractivity contribution in [3.8, 4) is 11.3 Å². The fraction of sp³-hybridized carbons (Fsp3) is 0.433. The standard InChI is InChI=1S/C30H35ClN6O4/c1-4-25(38)27(20-7-10-32-17(2)13-20)35-28(39)18(3)37-16-21-6-5-19(14-23(21)29(37)40)26-24(31)15-33-30(36-26)34-22-8-11-41-12-9-22/h5-7,10,13-15,18,22,25,27,38H,4,8-9,11-12,16H2,1-3H3,(H,35,39)(H,33,34,36)/t18-,25+,27+/m1/s1. The summed E-state index contributed by atoms with van der Waals surface area (Å²) >= 11 is 6.48. The minimum absolute atomic E-state index is 0.223. The lowest BCUT2D eigenvalue weighted by molar-refractivity contribution is -0.126. The van der Waals surface area contributed by atoms with Crippen molar-refractivity contribution >= 4 is 29.4 Å². The highest BCUT2D eigenvalue weighted by atomic mass is 35.5. The second kappa shape index (κ2) is 12.5. The largest absolute Gasteiger partial charge is 0.391 e. The van der Waals surface area contributed by atoms with Crippen molar-refractivity contribution in [3.63, 3.8) is 0 Å². The molecule has 1 aromatic carbocycles. The number of benzene rings is 1. The Bertz CT molecular complexity index is 1430. The van der Waals surface area contributed by atoms with Crippen LogP contribution in [0.25, 0.3) is 11.3 Å². The van der Waals surface area contributed by atoms with Gasteiger partial charge in [0.1, 0.15) is 6.04 Å². The number of aryl methyl sites for hydroxylation is 1. The van der Waals surface area contributed by atoms with Gasteiger partial charge in [-0.15, -0.1) is 0 Å². The van der Waals surface area contributed by atoms with E-state index in [0.717, 1.165) is 29.7 Å². The summed E-state index contributed by atoms with van der Waals surface area (Å²) in [6, 6.07) is 8.00. The monoisotopic (exact) mass is 578 g/mol. The molecule has 2 aliphatic rings. The summed E-state index contributed by atoms with van der Waals surface area (Å²) in [5.74, 6) is -0.119. The Balaban J connectivity index is 1.32. The molecular formula is C30H35ClN6O4. The number of fused-ring (bicyclic) bond motifs is 1. The molecule has 0 radical (unpaired) electrons. The van der Waals surface area contributed by atoms with E-state index in [-0.39, 0.29) is 17.9 Å². The Kier molecular flexibility index (Phi) is 8.82. The molecule has 2 aliphatic heterocycles. The predicted molar refractivity (Wildman–Crippen MR) is 155 cm³/mol. The van der Waals surface area contributed by atoms with Crippen LogP contribution in [-0.4, -0.2) is 68.2 Å². The molecule has 0 aliphatic carbocycles. The van der Waals surface area contributed by atoms with E-state index >= 15 is 0 Å². The Labute approximate surface area is 244 Å². The molecule has 216 valence electrons. The third kappa shape index (κ3) is 6.34. The highest BCUT2D eigenvalue weighted by Crippen LogP contribution is 2.32. The zero-order valence-electron chi connectivity index (χ0n) is 23.4. The second-order valence-electron chi connectivity index (χ2n) is 10.6. The van der Waals surface area contributed by atoms with Crippen molar-refractivity contribution in [2.75, 3.05) is 18.5 Å². The number of pyridine rings is 1. The maximum Gasteiger partial charge on any atom is 0.255 e. The molecule has 2 amide bonds. The number of nitrogens with one attached hydrogen (secondary N) is 2. The first-order chi connectivity index (χ1) is 19.7. The maximum absolute atomic E-state index is 13.5.